The van der Waals surface area contributed by atoms with E-state index in [1.54, 1.807) is 0 Å². The molecular formula is C11H22F3N3. The summed E-state index contributed by atoms with van der Waals surface area (Å²) in [5.74, 6) is 0.507. The van der Waals surface area contributed by atoms with Crippen LogP contribution in [-0.2, 0) is 0 Å². The molecule has 1 rings (SSSR count). The van der Waals surface area contributed by atoms with Gasteiger partial charge in [-0.2, -0.15) is 13.2 Å². The van der Waals surface area contributed by atoms with Crippen LogP contribution in [0, 0.1) is 5.92 Å². The van der Waals surface area contributed by atoms with E-state index in [1.807, 2.05) is 14.1 Å². The fourth-order valence-electron chi connectivity index (χ4n) is 2.45. The van der Waals surface area contributed by atoms with Crippen LogP contribution in [0.1, 0.15) is 12.8 Å². The van der Waals surface area contributed by atoms with E-state index in [1.165, 1.54) is 4.90 Å². The van der Waals surface area contributed by atoms with Crippen molar-refractivity contribution in [2.45, 2.75) is 25.1 Å². The van der Waals surface area contributed by atoms with Crippen LogP contribution in [0.2, 0.25) is 0 Å². The van der Waals surface area contributed by atoms with Crippen molar-refractivity contribution in [2.24, 2.45) is 11.7 Å². The summed E-state index contributed by atoms with van der Waals surface area (Å²) in [5.41, 5.74) is 5.24. The molecule has 1 fully saturated rings. The molecule has 0 saturated carbocycles. The zero-order valence-corrected chi connectivity index (χ0v) is 10.5. The second-order valence-corrected chi connectivity index (χ2v) is 5.03. The number of nitrogens with two attached hydrogens (primary N) is 1. The molecule has 17 heavy (non-hydrogen) atoms. The highest BCUT2D eigenvalue weighted by Crippen LogP contribution is 2.28. The van der Waals surface area contributed by atoms with E-state index in [0.717, 1.165) is 19.4 Å². The van der Waals surface area contributed by atoms with Gasteiger partial charge in [-0.3, -0.25) is 4.90 Å². The second kappa shape index (κ2) is 6.02. The van der Waals surface area contributed by atoms with Crippen molar-refractivity contribution in [2.75, 3.05) is 40.3 Å². The number of piperidine rings is 1. The predicted molar refractivity (Wildman–Crippen MR) is 61.7 cm³/mol. The summed E-state index contributed by atoms with van der Waals surface area (Å²) >= 11 is 0. The van der Waals surface area contributed by atoms with Gasteiger partial charge >= 0.3 is 6.18 Å². The number of hydrogen-bond donors (Lipinski definition) is 1. The first-order valence-electron chi connectivity index (χ1n) is 6.00. The Balaban J connectivity index is 2.45. The zero-order valence-electron chi connectivity index (χ0n) is 10.5. The molecule has 3 nitrogen and oxygen atoms in total. The van der Waals surface area contributed by atoms with Crippen LogP contribution in [-0.4, -0.2) is 62.3 Å². The molecule has 1 atom stereocenters. The zero-order chi connectivity index (χ0) is 13.1. The molecule has 1 heterocycles. The topological polar surface area (TPSA) is 32.5 Å². The summed E-state index contributed by atoms with van der Waals surface area (Å²) in [4.78, 5) is 3.57. The fraction of sp³-hybridized carbons (Fsp3) is 1.00. The van der Waals surface area contributed by atoms with E-state index in [-0.39, 0.29) is 6.54 Å². The number of halogens is 3. The molecule has 0 aromatic carbocycles. The van der Waals surface area contributed by atoms with Crippen LogP contribution < -0.4 is 5.73 Å². The Bertz CT molecular complexity index is 222. The third-order valence-corrected chi connectivity index (χ3v) is 3.31. The second-order valence-electron chi connectivity index (χ2n) is 5.03. The van der Waals surface area contributed by atoms with E-state index in [2.05, 4.69) is 4.90 Å². The van der Waals surface area contributed by atoms with Crippen molar-refractivity contribution in [1.29, 1.82) is 0 Å². The van der Waals surface area contributed by atoms with E-state index < -0.39 is 12.2 Å². The van der Waals surface area contributed by atoms with Gasteiger partial charge in [0, 0.05) is 13.1 Å². The van der Waals surface area contributed by atoms with Crippen LogP contribution in [0.25, 0.3) is 0 Å². The van der Waals surface area contributed by atoms with Gasteiger partial charge in [-0.25, -0.2) is 0 Å². The molecule has 1 unspecified atom stereocenters. The van der Waals surface area contributed by atoms with Crippen molar-refractivity contribution in [3.63, 3.8) is 0 Å². The first kappa shape index (κ1) is 14.7. The smallest absolute Gasteiger partial charge is 0.329 e. The van der Waals surface area contributed by atoms with Crippen molar-refractivity contribution in [3.05, 3.63) is 0 Å². The van der Waals surface area contributed by atoms with Gasteiger partial charge in [0.15, 0.2) is 0 Å². The Morgan fingerprint density at radius 2 is 1.82 bits per heavy atom. The molecule has 0 radical (unpaired) electrons. The van der Waals surface area contributed by atoms with Gasteiger partial charge in [0.2, 0.25) is 0 Å². The largest absolute Gasteiger partial charge is 0.405 e. The quantitative estimate of drug-likeness (QED) is 0.816. The van der Waals surface area contributed by atoms with E-state index in [4.69, 9.17) is 5.73 Å². The molecule has 0 bridgehead atoms. The van der Waals surface area contributed by atoms with Gasteiger partial charge in [0.05, 0.1) is 0 Å². The summed E-state index contributed by atoms with van der Waals surface area (Å²) in [5, 5.41) is 0. The number of hydrogen-bond acceptors (Lipinski definition) is 3. The Morgan fingerprint density at radius 3 is 2.18 bits per heavy atom. The molecule has 0 aromatic rings. The fourth-order valence-corrected chi connectivity index (χ4v) is 2.45. The lowest BCUT2D eigenvalue weighted by Gasteiger charge is -2.38. The first-order chi connectivity index (χ1) is 7.84. The minimum Gasteiger partial charge on any atom is -0.329 e. The van der Waals surface area contributed by atoms with Gasteiger partial charge in [-0.05, 0) is 45.9 Å². The highest BCUT2D eigenvalue weighted by molar-refractivity contribution is 4.84. The molecule has 0 aromatic heterocycles. The molecule has 1 aliphatic heterocycles. The van der Waals surface area contributed by atoms with Crippen molar-refractivity contribution in [1.82, 2.24) is 9.80 Å². The van der Waals surface area contributed by atoms with Gasteiger partial charge < -0.3 is 10.6 Å². The summed E-state index contributed by atoms with van der Waals surface area (Å²) in [6.07, 6.45) is -2.56. The lowest BCUT2D eigenvalue weighted by Crippen LogP contribution is -2.53. The van der Waals surface area contributed by atoms with E-state index in [9.17, 15) is 13.2 Å². The number of nitrogens with zero attached hydrogens (tertiary/aromatic N) is 2. The molecule has 2 N–H and O–H groups in total. The van der Waals surface area contributed by atoms with Crippen molar-refractivity contribution >= 4 is 0 Å². The maximum absolute atomic E-state index is 12.7. The number of rotatable bonds is 4. The molecule has 1 saturated heterocycles. The highest BCUT2D eigenvalue weighted by Gasteiger charge is 2.43. The van der Waals surface area contributed by atoms with Crippen LogP contribution in [0.5, 0.6) is 0 Å². The molecule has 0 amide bonds. The summed E-state index contributed by atoms with van der Waals surface area (Å²) in [6.45, 7) is 1.61. The molecule has 102 valence electrons. The molecule has 0 spiro atoms. The maximum Gasteiger partial charge on any atom is 0.405 e. The third kappa shape index (κ3) is 4.44. The standard InChI is InChI=1S/C11H22F3N3/c1-16(2)8-9-3-5-17(6-4-9)10(7-15)11(12,13)14/h9-10H,3-8,15H2,1-2H3. The average Bonchev–Trinajstić information content (AvgIpc) is 2.18. The van der Waals surface area contributed by atoms with Crippen LogP contribution in [0.15, 0.2) is 0 Å². The SMILES string of the molecule is CN(C)CC1CCN(C(CN)C(F)(F)F)CC1. The van der Waals surface area contributed by atoms with Gasteiger partial charge in [0.1, 0.15) is 6.04 Å². The molecule has 0 aliphatic carbocycles. The van der Waals surface area contributed by atoms with Gasteiger partial charge in [-0.1, -0.05) is 0 Å². The van der Waals surface area contributed by atoms with E-state index >= 15 is 0 Å². The summed E-state index contributed by atoms with van der Waals surface area (Å²) < 4.78 is 38.0. The Morgan fingerprint density at radius 1 is 1.29 bits per heavy atom. The van der Waals surface area contributed by atoms with Crippen molar-refractivity contribution < 1.29 is 13.2 Å². The number of likely N-dealkylation sites (tertiary alicyclic amines) is 1. The maximum atomic E-state index is 12.7. The van der Waals surface area contributed by atoms with Crippen LogP contribution in [0.4, 0.5) is 13.2 Å². The van der Waals surface area contributed by atoms with E-state index in [0.29, 0.717) is 19.0 Å². The Labute approximate surface area is 101 Å². The minimum atomic E-state index is -4.21. The normalized spacial score (nSPS) is 22.1. The van der Waals surface area contributed by atoms with Gasteiger partial charge in [-0.15, -0.1) is 0 Å². The minimum absolute atomic E-state index is 0.345. The molecule has 6 heteroatoms. The number of alkyl halides is 3. The summed E-state index contributed by atoms with van der Waals surface area (Å²) in [6, 6.07) is -1.47. The highest BCUT2D eigenvalue weighted by atomic mass is 19.4. The average molecular weight is 253 g/mol. The van der Waals surface area contributed by atoms with Crippen molar-refractivity contribution in [3.8, 4) is 0 Å². The van der Waals surface area contributed by atoms with Crippen LogP contribution in [0.3, 0.4) is 0 Å². The Hall–Kier alpha value is -0.330. The third-order valence-electron chi connectivity index (χ3n) is 3.31. The van der Waals surface area contributed by atoms with Crippen LogP contribution >= 0.6 is 0 Å². The Kier molecular flexibility index (Phi) is 5.22. The first-order valence-corrected chi connectivity index (χ1v) is 6.00. The lowest BCUT2D eigenvalue weighted by atomic mass is 9.95. The summed E-state index contributed by atoms with van der Waals surface area (Å²) in [7, 11) is 3.98. The lowest BCUT2D eigenvalue weighted by molar-refractivity contribution is -0.184. The molecule has 1 aliphatic rings. The van der Waals surface area contributed by atoms with Gasteiger partial charge in [0.25, 0.3) is 0 Å². The molecular weight excluding hydrogens is 231 g/mol. The monoisotopic (exact) mass is 253 g/mol. The predicted octanol–water partition coefficient (Wildman–Crippen LogP) is 1.15.